The van der Waals surface area contributed by atoms with E-state index in [2.05, 4.69) is 79.4 Å². The van der Waals surface area contributed by atoms with Crippen LogP contribution in [0.1, 0.15) is 24.0 Å². The Balaban J connectivity index is 2.10. The zero-order valence-corrected chi connectivity index (χ0v) is 12.0. The SMILES string of the molecule is C=CCC1(C2=CCC=C2)c2ccccc2-c2ccccc21. The zero-order chi connectivity index (χ0) is 14.3. The van der Waals surface area contributed by atoms with E-state index in [0.717, 1.165) is 12.8 Å². The topological polar surface area (TPSA) is 0 Å². The van der Waals surface area contributed by atoms with Crippen LogP contribution in [0, 0.1) is 0 Å². The van der Waals surface area contributed by atoms with Crippen molar-refractivity contribution >= 4 is 0 Å². The summed E-state index contributed by atoms with van der Waals surface area (Å²) in [6.07, 6.45) is 11.0. The van der Waals surface area contributed by atoms with Gasteiger partial charge in [-0.1, -0.05) is 72.8 Å². The van der Waals surface area contributed by atoms with Crippen molar-refractivity contribution in [3.05, 3.63) is 96.1 Å². The van der Waals surface area contributed by atoms with Crippen LogP contribution in [-0.2, 0) is 5.41 Å². The first-order valence-electron chi connectivity index (χ1n) is 7.55. The number of rotatable bonds is 3. The van der Waals surface area contributed by atoms with Crippen LogP contribution in [0.25, 0.3) is 11.1 Å². The molecule has 0 spiro atoms. The summed E-state index contributed by atoms with van der Waals surface area (Å²) in [5.74, 6) is 0. The lowest BCUT2D eigenvalue weighted by atomic mass is 9.70. The molecule has 0 heteroatoms. The summed E-state index contributed by atoms with van der Waals surface area (Å²) in [4.78, 5) is 0. The van der Waals surface area contributed by atoms with Crippen LogP contribution in [0.3, 0.4) is 0 Å². The highest BCUT2D eigenvalue weighted by molar-refractivity contribution is 5.84. The number of fused-ring (bicyclic) bond motifs is 3. The van der Waals surface area contributed by atoms with E-state index in [1.807, 2.05) is 0 Å². The molecule has 0 saturated carbocycles. The second kappa shape index (κ2) is 4.60. The van der Waals surface area contributed by atoms with Crippen molar-refractivity contribution in [1.29, 1.82) is 0 Å². The Kier molecular flexibility index (Phi) is 2.71. The van der Waals surface area contributed by atoms with Crippen LogP contribution in [0.4, 0.5) is 0 Å². The van der Waals surface area contributed by atoms with Crippen molar-refractivity contribution in [1.82, 2.24) is 0 Å². The van der Waals surface area contributed by atoms with E-state index in [-0.39, 0.29) is 5.41 Å². The molecule has 0 aromatic heterocycles. The quantitative estimate of drug-likeness (QED) is 0.654. The predicted molar refractivity (Wildman–Crippen MR) is 89.3 cm³/mol. The molecule has 102 valence electrons. The Bertz CT molecular complexity index is 729. The van der Waals surface area contributed by atoms with Crippen LogP contribution in [0.5, 0.6) is 0 Å². The predicted octanol–water partition coefficient (Wildman–Crippen LogP) is 5.42. The van der Waals surface area contributed by atoms with Crippen molar-refractivity contribution in [2.24, 2.45) is 0 Å². The van der Waals surface area contributed by atoms with Crippen LogP contribution < -0.4 is 0 Å². The van der Waals surface area contributed by atoms with E-state index >= 15 is 0 Å². The van der Waals surface area contributed by atoms with Gasteiger partial charge < -0.3 is 0 Å². The molecule has 2 aliphatic carbocycles. The minimum absolute atomic E-state index is 0.0536. The van der Waals surface area contributed by atoms with Crippen molar-refractivity contribution in [3.8, 4) is 11.1 Å². The minimum atomic E-state index is -0.0536. The van der Waals surface area contributed by atoms with Crippen molar-refractivity contribution < 1.29 is 0 Å². The third-order valence-corrected chi connectivity index (χ3v) is 4.78. The maximum absolute atomic E-state index is 4.04. The van der Waals surface area contributed by atoms with E-state index in [9.17, 15) is 0 Å². The van der Waals surface area contributed by atoms with Crippen molar-refractivity contribution in [2.75, 3.05) is 0 Å². The number of hydrogen-bond donors (Lipinski definition) is 0. The summed E-state index contributed by atoms with van der Waals surface area (Å²) < 4.78 is 0. The average Bonchev–Trinajstić information content (AvgIpc) is 3.15. The van der Waals surface area contributed by atoms with Crippen LogP contribution in [0.15, 0.2) is 85.0 Å². The summed E-state index contributed by atoms with van der Waals surface area (Å²) in [6, 6.07) is 17.6. The highest BCUT2D eigenvalue weighted by Crippen LogP contribution is 2.55. The van der Waals surface area contributed by atoms with Gasteiger partial charge in [-0.15, -0.1) is 6.58 Å². The molecule has 0 bridgehead atoms. The van der Waals surface area contributed by atoms with Gasteiger partial charge in [0.25, 0.3) is 0 Å². The first-order chi connectivity index (χ1) is 10.4. The molecular weight excluding hydrogens is 252 g/mol. The van der Waals surface area contributed by atoms with Gasteiger partial charge in [0.05, 0.1) is 0 Å². The Hall–Kier alpha value is -2.34. The molecule has 0 saturated heterocycles. The average molecular weight is 270 g/mol. The summed E-state index contributed by atoms with van der Waals surface area (Å²) in [5.41, 5.74) is 6.95. The fourth-order valence-corrected chi connectivity index (χ4v) is 3.97. The normalized spacial score (nSPS) is 17.2. The molecule has 4 rings (SSSR count). The van der Waals surface area contributed by atoms with Crippen LogP contribution >= 0.6 is 0 Å². The molecule has 2 aliphatic rings. The molecule has 0 fully saturated rings. The van der Waals surface area contributed by atoms with Gasteiger partial charge >= 0.3 is 0 Å². The van der Waals surface area contributed by atoms with Gasteiger partial charge in [-0.2, -0.15) is 0 Å². The second-order valence-electron chi connectivity index (χ2n) is 5.79. The molecule has 0 heterocycles. The molecule has 0 aliphatic heterocycles. The van der Waals surface area contributed by atoms with E-state index in [4.69, 9.17) is 0 Å². The van der Waals surface area contributed by atoms with Gasteiger partial charge in [0.15, 0.2) is 0 Å². The second-order valence-corrected chi connectivity index (χ2v) is 5.79. The third-order valence-electron chi connectivity index (χ3n) is 4.78. The molecule has 0 radical (unpaired) electrons. The van der Waals surface area contributed by atoms with Gasteiger partial charge in [0.1, 0.15) is 0 Å². The fraction of sp³-hybridized carbons (Fsp3) is 0.143. The van der Waals surface area contributed by atoms with Crippen LogP contribution in [0.2, 0.25) is 0 Å². The van der Waals surface area contributed by atoms with Gasteiger partial charge in [0, 0.05) is 5.41 Å². The lowest BCUT2D eigenvalue weighted by Crippen LogP contribution is -2.26. The number of allylic oxidation sites excluding steroid dienone is 5. The van der Waals surface area contributed by atoms with E-state index < -0.39 is 0 Å². The largest absolute Gasteiger partial charge is 0.103 e. The highest BCUT2D eigenvalue weighted by Gasteiger charge is 2.44. The Labute approximate surface area is 126 Å². The lowest BCUT2D eigenvalue weighted by Gasteiger charge is -2.32. The zero-order valence-electron chi connectivity index (χ0n) is 12.0. The molecule has 0 unspecified atom stereocenters. The van der Waals surface area contributed by atoms with Crippen molar-refractivity contribution in [3.63, 3.8) is 0 Å². The maximum atomic E-state index is 4.04. The Morgan fingerprint density at radius 3 is 2.10 bits per heavy atom. The summed E-state index contributed by atoms with van der Waals surface area (Å²) in [7, 11) is 0. The van der Waals surface area contributed by atoms with Gasteiger partial charge in [-0.3, -0.25) is 0 Å². The summed E-state index contributed by atoms with van der Waals surface area (Å²) in [6.45, 7) is 4.04. The van der Waals surface area contributed by atoms with Crippen molar-refractivity contribution in [2.45, 2.75) is 18.3 Å². The standard InChI is InChI=1S/C21H18/c1-2-15-21(16-9-3-4-10-16)19-13-7-5-11-17(19)18-12-6-8-14-20(18)21/h2-3,5-14H,1,4,15H2. The molecule has 0 nitrogen and oxygen atoms in total. The smallest absolute Gasteiger partial charge is 0.0494 e. The molecule has 21 heavy (non-hydrogen) atoms. The molecule has 2 aromatic rings. The molecule has 0 N–H and O–H groups in total. The monoisotopic (exact) mass is 270 g/mol. The van der Waals surface area contributed by atoms with Crippen LogP contribution in [-0.4, -0.2) is 0 Å². The molecular formula is C21H18. The maximum Gasteiger partial charge on any atom is 0.0494 e. The minimum Gasteiger partial charge on any atom is -0.103 e. The first-order valence-corrected chi connectivity index (χ1v) is 7.55. The molecule has 0 amide bonds. The van der Waals surface area contributed by atoms with E-state index in [0.29, 0.717) is 0 Å². The molecule has 2 aromatic carbocycles. The van der Waals surface area contributed by atoms with Gasteiger partial charge in [0.2, 0.25) is 0 Å². The highest BCUT2D eigenvalue weighted by atomic mass is 14.5. The Morgan fingerprint density at radius 2 is 1.57 bits per heavy atom. The third kappa shape index (κ3) is 1.56. The molecule has 0 atom stereocenters. The van der Waals surface area contributed by atoms with Gasteiger partial charge in [-0.05, 0) is 40.7 Å². The van der Waals surface area contributed by atoms with E-state index in [1.165, 1.54) is 27.8 Å². The lowest BCUT2D eigenvalue weighted by molar-refractivity contribution is 0.645. The van der Waals surface area contributed by atoms with Gasteiger partial charge in [-0.25, -0.2) is 0 Å². The number of hydrogen-bond acceptors (Lipinski definition) is 0. The summed E-state index contributed by atoms with van der Waals surface area (Å²) >= 11 is 0. The fourth-order valence-electron chi connectivity index (χ4n) is 3.97. The number of benzene rings is 2. The first kappa shape index (κ1) is 12.4. The van der Waals surface area contributed by atoms with E-state index in [1.54, 1.807) is 0 Å². The Morgan fingerprint density at radius 1 is 0.952 bits per heavy atom. The summed E-state index contributed by atoms with van der Waals surface area (Å²) in [5, 5.41) is 0.